The second-order valence-corrected chi connectivity index (χ2v) is 13.2. The van der Waals surface area contributed by atoms with Gasteiger partial charge in [-0.15, -0.1) is 0 Å². The molecule has 53 heavy (non-hydrogen) atoms. The molecule has 1 aliphatic rings. The van der Waals surface area contributed by atoms with E-state index in [4.69, 9.17) is 0 Å². The lowest BCUT2D eigenvalue weighted by Gasteiger charge is -2.34. The van der Waals surface area contributed by atoms with Gasteiger partial charge in [-0.05, 0) is 114 Å². The predicted octanol–water partition coefficient (Wildman–Crippen LogP) is 11.3. The summed E-state index contributed by atoms with van der Waals surface area (Å²) in [5.74, 6) is 0. The summed E-state index contributed by atoms with van der Waals surface area (Å²) >= 11 is 0. The Labute approximate surface area is 308 Å². The fourth-order valence-corrected chi connectivity index (χ4v) is 7.91. The van der Waals surface area contributed by atoms with Crippen LogP contribution in [0.25, 0.3) is 55.6 Å². The first-order valence-electron chi connectivity index (χ1n) is 17.5. The van der Waals surface area contributed by atoms with E-state index < -0.39 is 5.41 Å². The molecule has 0 amide bonds. The zero-order chi connectivity index (χ0) is 35.8. The molecule has 9 rings (SSSR count). The van der Waals surface area contributed by atoms with E-state index in [1.54, 1.807) is 12.4 Å². The fraction of sp³-hybridized carbons (Fsp3) is 0.0204. The van der Waals surface area contributed by atoms with Gasteiger partial charge in [0.05, 0.1) is 5.41 Å². The lowest BCUT2D eigenvalue weighted by Crippen LogP contribution is -2.28. The predicted molar refractivity (Wildman–Crippen MR) is 211 cm³/mol. The third kappa shape index (κ3) is 5.38. The van der Waals surface area contributed by atoms with Gasteiger partial charge in [0, 0.05) is 12.4 Å². The van der Waals surface area contributed by atoms with Gasteiger partial charge in [0.25, 0.3) is 0 Å². The highest BCUT2D eigenvalue weighted by molar-refractivity contribution is 5.91. The van der Waals surface area contributed by atoms with E-state index in [0.29, 0.717) is 11.4 Å². The lowest BCUT2D eigenvalue weighted by molar-refractivity contribution is 0.768. The smallest absolute Gasteiger partial charge is 0.141 e. The highest BCUT2D eigenvalue weighted by atomic mass is 14.7. The molecule has 0 fully saturated rings. The molecule has 1 aliphatic carbocycles. The van der Waals surface area contributed by atoms with E-state index in [0.717, 1.165) is 44.5 Å². The molecular weight excluding hydrogens is 645 g/mol. The number of pyridine rings is 2. The average molecular weight is 675 g/mol. The van der Waals surface area contributed by atoms with Crippen LogP contribution >= 0.6 is 0 Å². The summed E-state index contributed by atoms with van der Waals surface area (Å²) in [5.41, 5.74) is 16.2. The first-order valence-corrected chi connectivity index (χ1v) is 17.5. The molecule has 2 aromatic heterocycles. The van der Waals surface area contributed by atoms with E-state index in [1.165, 1.54) is 33.4 Å². The van der Waals surface area contributed by atoms with Crippen molar-refractivity contribution in [3.05, 3.63) is 216 Å². The Bertz CT molecular complexity index is 2530. The highest BCUT2D eigenvalue weighted by Crippen LogP contribution is 2.57. The number of nitrogens with zero attached hydrogens (tertiary/aromatic N) is 4. The highest BCUT2D eigenvalue weighted by Gasteiger charge is 2.46. The van der Waals surface area contributed by atoms with Crippen molar-refractivity contribution >= 4 is 0 Å². The van der Waals surface area contributed by atoms with E-state index in [1.807, 2.05) is 24.3 Å². The second kappa shape index (κ2) is 13.1. The SMILES string of the molecule is N#Cc1cc(-c2ccc(-c3ccc4c(c3)-c3cc(-c5ccc(-c6ccnc(C#N)c6)cc5)ccc3C4(c3ccccc3)c3ccccc3)cc2)ccn1. The van der Waals surface area contributed by atoms with Gasteiger partial charge >= 0.3 is 0 Å². The van der Waals surface area contributed by atoms with Gasteiger partial charge in [0.15, 0.2) is 0 Å². The van der Waals surface area contributed by atoms with Crippen molar-refractivity contribution < 1.29 is 0 Å². The van der Waals surface area contributed by atoms with Crippen LogP contribution in [0.2, 0.25) is 0 Å². The summed E-state index contributed by atoms with van der Waals surface area (Å²) < 4.78 is 0. The first-order chi connectivity index (χ1) is 26.1. The molecule has 2 heterocycles. The van der Waals surface area contributed by atoms with Crippen molar-refractivity contribution in [3.63, 3.8) is 0 Å². The van der Waals surface area contributed by atoms with Crippen LogP contribution in [0, 0.1) is 22.7 Å². The van der Waals surface area contributed by atoms with Crippen LogP contribution in [0.4, 0.5) is 0 Å². The molecule has 0 radical (unpaired) electrons. The number of hydrogen-bond donors (Lipinski definition) is 0. The van der Waals surface area contributed by atoms with Gasteiger partial charge < -0.3 is 0 Å². The fourth-order valence-electron chi connectivity index (χ4n) is 7.91. The molecule has 0 aliphatic heterocycles. The van der Waals surface area contributed by atoms with Crippen LogP contribution < -0.4 is 0 Å². The number of fused-ring (bicyclic) bond motifs is 3. The van der Waals surface area contributed by atoms with Crippen molar-refractivity contribution in [2.45, 2.75) is 5.41 Å². The molecule has 246 valence electrons. The molecule has 0 atom stereocenters. The zero-order valence-corrected chi connectivity index (χ0v) is 28.6. The minimum Gasteiger partial charge on any atom is -0.246 e. The summed E-state index contributed by atoms with van der Waals surface area (Å²) in [6.45, 7) is 0. The summed E-state index contributed by atoms with van der Waals surface area (Å²) in [6.07, 6.45) is 3.36. The van der Waals surface area contributed by atoms with E-state index in [2.05, 4.69) is 168 Å². The third-order valence-corrected chi connectivity index (χ3v) is 10.4. The van der Waals surface area contributed by atoms with Crippen molar-refractivity contribution in [2.75, 3.05) is 0 Å². The van der Waals surface area contributed by atoms with Gasteiger partial charge in [0.2, 0.25) is 0 Å². The Morgan fingerprint density at radius 2 is 0.698 bits per heavy atom. The topological polar surface area (TPSA) is 73.4 Å². The van der Waals surface area contributed by atoms with Gasteiger partial charge in [-0.1, -0.05) is 133 Å². The van der Waals surface area contributed by atoms with Crippen molar-refractivity contribution in [3.8, 4) is 67.8 Å². The number of aromatic nitrogens is 2. The molecule has 0 bridgehead atoms. The monoisotopic (exact) mass is 674 g/mol. The lowest BCUT2D eigenvalue weighted by atomic mass is 9.67. The van der Waals surface area contributed by atoms with Gasteiger partial charge in [-0.3, -0.25) is 0 Å². The Balaban J connectivity index is 1.20. The summed E-state index contributed by atoms with van der Waals surface area (Å²) in [6, 6.07) is 64.4. The first kappa shape index (κ1) is 31.6. The maximum Gasteiger partial charge on any atom is 0.141 e. The van der Waals surface area contributed by atoms with Crippen LogP contribution in [0.5, 0.6) is 0 Å². The zero-order valence-electron chi connectivity index (χ0n) is 28.6. The van der Waals surface area contributed by atoms with Crippen molar-refractivity contribution in [1.82, 2.24) is 9.97 Å². The Hall–Kier alpha value is -7.40. The Morgan fingerprint density at radius 3 is 1.06 bits per heavy atom. The van der Waals surface area contributed by atoms with Crippen LogP contribution in [-0.2, 0) is 5.41 Å². The normalized spacial score (nSPS) is 12.3. The second-order valence-electron chi connectivity index (χ2n) is 13.2. The van der Waals surface area contributed by atoms with E-state index in [9.17, 15) is 10.5 Å². The minimum absolute atomic E-state index is 0.405. The standard InChI is InChI=1S/C49H30N4/c50-31-43-27-39(23-25-52-43)35-15-11-33(12-16-35)37-19-21-47-45(29-37)46-30-38(34-13-17-36(18-14-34)40-24-26-53-44(28-40)32-51)20-22-48(46)49(47,41-7-3-1-4-8-41)42-9-5-2-6-10-42/h1-30H. The van der Waals surface area contributed by atoms with Crippen molar-refractivity contribution in [1.29, 1.82) is 10.5 Å². The largest absolute Gasteiger partial charge is 0.246 e. The van der Waals surface area contributed by atoms with E-state index in [-0.39, 0.29) is 0 Å². The number of hydrogen-bond acceptors (Lipinski definition) is 4. The molecule has 0 spiro atoms. The third-order valence-electron chi connectivity index (χ3n) is 10.4. The average Bonchev–Trinajstić information content (AvgIpc) is 3.54. The van der Waals surface area contributed by atoms with Gasteiger partial charge in [-0.2, -0.15) is 10.5 Å². The maximum absolute atomic E-state index is 9.36. The van der Waals surface area contributed by atoms with Crippen LogP contribution in [0.3, 0.4) is 0 Å². The molecule has 0 saturated heterocycles. The molecule has 4 nitrogen and oxygen atoms in total. The Morgan fingerprint density at radius 1 is 0.358 bits per heavy atom. The summed E-state index contributed by atoms with van der Waals surface area (Å²) in [7, 11) is 0. The number of rotatable bonds is 6. The molecular formula is C49H30N4. The molecule has 6 aromatic carbocycles. The summed E-state index contributed by atoms with van der Waals surface area (Å²) in [4.78, 5) is 8.26. The van der Waals surface area contributed by atoms with Gasteiger partial charge in [0.1, 0.15) is 23.5 Å². The number of nitriles is 2. The maximum atomic E-state index is 9.36. The van der Waals surface area contributed by atoms with Crippen LogP contribution in [0.15, 0.2) is 182 Å². The quantitative estimate of drug-likeness (QED) is 0.176. The number of benzene rings is 6. The molecule has 0 N–H and O–H groups in total. The molecule has 0 saturated carbocycles. The van der Waals surface area contributed by atoms with Crippen molar-refractivity contribution in [2.24, 2.45) is 0 Å². The minimum atomic E-state index is -0.502. The van der Waals surface area contributed by atoms with Crippen LogP contribution in [0.1, 0.15) is 33.6 Å². The molecule has 8 aromatic rings. The van der Waals surface area contributed by atoms with E-state index >= 15 is 0 Å². The summed E-state index contributed by atoms with van der Waals surface area (Å²) in [5, 5.41) is 18.7. The van der Waals surface area contributed by atoms with Crippen LogP contribution in [-0.4, -0.2) is 9.97 Å². The molecule has 0 unspecified atom stereocenters. The Kier molecular flexibility index (Phi) is 7.77. The molecule has 4 heteroatoms. The van der Waals surface area contributed by atoms with Gasteiger partial charge in [-0.25, -0.2) is 9.97 Å².